The van der Waals surface area contributed by atoms with Crippen molar-refractivity contribution in [1.29, 1.82) is 0 Å². The van der Waals surface area contributed by atoms with E-state index < -0.39 is 0 Å². The van der Waals surface area contributed by atoms with Crippen LogP contribution < -0.4 is 5.73 Å². The molecule has 13 heavy (non-hydrogen) atoms. The normalized spacial score (nSPS) is 19.5. The average molecular weight is 175 g/mol. The Morgan fingerprint density at radius 1 is 1.31 bits per heavy atom. The Balaban J connectivity index is 2.18. The van der Waals surface area contributed by atoms with Gasteiger partial charge < -0.3 is 5.73 Å². The van der Waals surface area contributed by atoms with Crippen molar-refractivity contribution in [3.63, 3.8) is 0 Å². The van der Waals surface area contributed by atoms with Crippen LogP contribution in [0.1, 0.15) is 36.4 Å². The van der Waals surface area contributed by atoms with Crippen LogP contribution in [0.2, 0.25) is 0 Å². The van der Waals surface area contributed by atoms with E-state index in [2.05, 4.69) is 31.2 Å². The van der Waals surface area contributed by atoms with E-state index in [0.29, 0.717) is 0 Å². The zero-order valence-electron chi connectivity index (χ0n) is 8.16. The number of hydrogen-bond acceptors (Lipinski definition) is 1. The second kappa shape index (κ2) is 3.51. The Morgan fingerprint density at radius 2 is 2.00 bits per heavy atom. The van der Waals surface area contributed by atoms with Gasteiger partial charge in [0.2, 0.25) is 0 Å². The molecule has 1 aromatic rings. The van der Waals surface area contributed by atoms with E-state index in [4.69, 9.17) is 5.73 Å². The fourth-order valence-electron chi connectivity index (χ4n) is 2.01. The van der Waals surface area contributed by atoms with Gasteiger partial charge in [-0.25, -0.2) is 0 Å². The highest BCUT2D eigenvalue weighted by Gasteiger charge is 2.25. The highest BCUT2D eigenvalue weighted by molar-refractivity contribution is 5.29. The van der Waals surface area contributed by atoms with Crippen molar-refractivity contribution in [2.24, 2.45) is 11.7 Å². The smallest absolute Gasteiger partial charge is 0.0326 e. The van der Waals surface area contributed by atoms with Crippen LogP contribution in [0.5, 0.6) is 0 Å². The summed E-state index contributed by atoms with van der Waals surface area (Å²) >= 11 is 0. The first kappa shape index (κ1) is 8.76. The van der Waals surface area contributed by atoms with E-state index in [0.717, 1.165) is 5.92 Å². The summed E-state index contributed by atoms with van der Waals surface area (Å²) in [7, 11) is 0. The number of nitrogens with two attached hydrogens (primary N) is 1. The lowest BCUT2D eigenvalue weighted by molar-refractivity contribution is 0.264. The summed E-state index contributed by atoms with van der Waals surface area (Å²) in [6.07, 6.45) is 4.00. The molecule has 2 rings (SSSR count). The second-order valence-corrected chi connectivity index (χ2v) is 4.07. The van der Waals surface area contributed by atoms with Gasteiger partial charge in [-0.2, -0.15) is 0 Å². The summed E-state index contributed by atoms with van der Waals surface area (Å²) in [5.74, 6) is 0.737. The molecule has 0 aliphatic heterocycles. The van der Waals surface area contributed by atoms with Crippen molar-refractivity contribution in [1.82, 2.24) is 0 Å². The zero-order chi connectivity index (χ0) is 9.26. The third kappa shape index (κ3) is 1.61. The maximum Gasteiger partial charge on any atom is 0.0326 e. The Kier molecular flexibility index (Phi) is 2.36. The van der Waals surface area contributed by atoms with Crippen LogP contribution in [-0.2, 0) is 0 Å². The molecule has 0 bridgehead atoms. The molecule has 0 radical (unpaired) electrons. The van der Waals surface area contributed by atoms with Gasteiger partial charge in [-0.1, -0.05) is 30.7 Å². The topological polar surface area (TPSA) is 26.0 Å². The van der Waals surface area contributed by atoms with E-state index in [-0.39, 0.29) is 6.04 Å². The minimum Gasteiger partial charge on any atom is -0.324 e. The van der Waals surface area contributed by atoms with Gasteiger partial charge in [0.1, 0.15) is 0 Å². The lowest BCUT2D eigenvalue weighted by Gasteiger charge is -2.32. The first-order chi connectivity index (χ1) is 6.29. The molecule has 1 saturated carbocycles. The molecule has 1 atom stereocenters. The van der Waals surface area contributed by atoms with Crippen LogP contribution in [0, 0.1) is 12.8 Å². The summed E-state index contributed by atoms with van der Waals surface area (Å²) in [5.41, 5.74) is 8.88. The number of benzene rings is 1. The third-order valence-electron chi connectivity index (χ3n) is 3.21. The fourth-order valence-corrected chi connectivity index (χ4v) is 2.01. The highest BCUT2D eigenvalue weighted by Crippen LogP contribution is 2.36. The van der Waals surface area contributed by atoms with Crippen molar-refractivity contribution in [2.75, 3.05) is 0 Å². The molecule has 1 heteroatoms. The standard InChI is InChI=1S/C12H17N/c1-9-5-2-3-8-11(9)12(13)10-6-4-7-10/h2-3,5,8,10,12H,4,6-7,13H2,1H3/t12-/m0/s1. The molecule has 0 heterocycles. The molecule has 1 nitrogen and oxygen atoms in total. The molecular formula is C12H17N. The molecule has 0 saturated heterocycles. The summed E-state index contributed by atoms with van der Waals surface area (Å²) < 4.78 is 0. The second-order valence-electron chi connectivity index (χ2n) is 4.07. The van der Waals surface area contributed by atoms with Gasteiger partial charge in [0.05, 0.1) is 0 Å². The number of hydrogen-bond donors (Lipinski definition) is 1. The molecule has 0 aromatic heterocycles. The molecule has 0 amide bonds. The average Bonchev–Trinajstić information content (AvgIpc) is 2.01. The van der Waals surface area contributed by atoms with Crippen LogP contribution in [0.4, 0.5) is 0 Å². The van der Waals surface area contributed by atoms with Crippen LogP contribution >= 0.6 is 0 Å². The predicted octanol–water partition coefficient (Wildman–Crippen LogP) is 2.79. The van der Waals surface area contributed by atoms with E-state index in [1.165, 1.54) is 30.4 Å². The minimum absolute atomic E-state index is 0.273. The lowest BCUT2D eigenvalue weighted by Crippen LogP contribution is -2.27. The van der Waals surface area contributed by atoms with Gasteiger partial charge in [-0.05, 0) is 36.8 Å². The SMILES string of the molecule is Cc1ccccc1[C@@H](N)C1CCC1. The Bertz CT molecular complexity index is 289. The van der Waals surface area contributed by atoms with E-state index in [1.54, 1.807) is 0 Å². The quantitative estimate of drug-likeness (QED) is 0.735. The van der Waals surface area contributed by atoms with Crippen molar-refractivity contribution < 1.29 is 0 Å². The van der Waals surface area contributed by atoms with Crippen LogP contribution in [0.25, 0.3) is 0 Å². The first-order valence-electron chi connectivity index (χ1n) is 5.10. The third-order valence-corrected chi connectivity index (χ3v) is 3.21. The van der Waals surface area contributed by atoms with Gasteiger partial charge in [-0.15, -0.1) is 0 Å². The number of aryl methyl sites for hydroxylation is 1. The Hall–Kier alpha value is -0.820. The molecule has 2 N–H and O–H groups in total. The van der Waals surface area contributed by atoms with Crippen molar-refractivity contribution >= 4 is 0 Å². The van der Waals surface area contributed by atoms with Crippen LogP contribution in [0.15, 0.2) is 24.3 Å². The first-order valence-corrected chi connectivity index (χ1v) is 5.10. The van der Waals surface area contributed by atoms with E-state index in [1.807, 2.05) is 0 Å². The number of rotatable bonds is 2. The molecular weight excluding hydrogens is 158 g/mol. The monoisotopic (exact) mass is 175 g/mol. The molecule has 0 unspecified atom stereocenters. The van der Waals surface area contributed by atoms with Crippen molar-refractivity contribution in [3.8, 4) is 0 Å². The molecule has 1 aliphatic carbocycles. The molecule has 0 spiro atoms. The van der Waals surface area contributed by atoms with Crippen LogP contribution in [-0.4, -0.2) is 0 Å². The Morgan fingerprint density at radius 3 is 2.54 bits per heavy atom. The molecule has 1 fully saturated rings. The fraction of sp³-hybridized carbons (Fsp3) is 0.500. The van der Waals surface area contributed by atoms with Crippen molar-refractivity contribution in [3.05, 3.63) is 35.4 Å². The van der Waals surface area contributed by atoms with Gasteiger partial charge in [-0.3, -0.25) is 0 Å². The highest BCUT2D eigenvalue weighted by atomic mass is 14.7. The zero-order valence-corrected chi connectivity index (χ0v) is 8.16. The van der Waals surface area contributed by atoms with Gasteiger partial charge >= 0.3 is 0 Å². The minimum atomic E-state index is 0.273. The molecule has 1 aliphatic rings. The maximum absolute atomic E-state index is 6.20. The van der Waals surface area contributed by atoms with Gasteiger partial charge in [0.25, 0.3) is 0 Å². The predicted molar refractivity (Wildman–Crippen MR) is 55.4 cm³/mol. The summed E-state index contributed by atoms with van der Waals surface area (Å²) in [5, 5.41) is 0. The summed E-state index contributed by atoms with van der Waals surface area (Å²) in [6.45, 7) is 2.15. The van der Waals surface area contributed by atoms with Crippen molar-refractivity contribution in [2.45, 2.75) is 32.2 Å². The molecule has 1 aromatic carbocycles. The van der Waals surface area contributed by atoms with E-state index in [9.17, 15) is 0 Å². The van der Waals surface area contributed by atoms with Crippen LogP contribution in [0.3, 0.4) is 0 Å². The van der Waals surface area contributed by atoms with E-state index >= 15 is 0 Å². The molecule has 70 valence electrons. The summed E-state index contributed by atoms with van der Waals surface area (Å²) in [6, 6.07) is 8.74. The van der Waals surface area contributed by atoms with Gasteiger partial charge in [0, 0.05) is 6.04 Å². The largest absolute Gasteiger partial charge is 0.324 e. The van der Waals surface area contributed by atoms with Gasteiger partial charge in [0.15, 0.2) is 0 Å². The lowest BCUT2D eigenvalue weighted by atomic mass is 9.77. The Labute approximate surface area is 80.0 Å². The summed E-state index contributed by atoms with van der Waals surface area (Å²) in [4.78, 5) is 0. The maximum atomic E-state index is 6.20.